The third kappa shape index (κ3) is 3.58. The molecule has 1 unspecified atom stereocenters. The lowest BCUT2D eigenvalue weighted by Crippen LogP contribution is -2.33. The molecular weight excluding hydrogens is 384 g/mol. The van der Waals surface area contributed by atoms with Crippen LogP contribution in [0.2, 0.25) is 0 Å². The molecule has 2 aliphatic rings. The predicted octanol–water partition coefficient (Wildman–Crippen LogP) is 0.734. The minimum atomic E-state index is -3.47. The van der Waals surface area contributed by atoms with Crippen molar-refractivity contribution in [1.82, 2.24) is 14.5 Å². The average Bonchev–Trinajstić information content (AvgIpc) is 3.32. The molecule has 1 aromatic heterocycles. The first-order valence-electron chi connectivity index (χ1n) is 8.93. The van der Waals surface area contributed by atoms with Crippen LogP contribution in [0.1, 0.15) is 27.1 Å². The van der Waals surface area contributed by atoms with Gasteiger partial charge in [0.2, 0.25) is 5.95 Å². The maximum Gasteiger partial charge on any atom is 0.268 e. The zero-order valence-corrected chi connectivity index (χ0v) is 16.1. The summed E-state index contributed by atoms with van der Waals surface area (Å²) in [4.78, 5) is 32.7. The monoisotopic (exact) mass is 404 g/mol. The Balaban J connectivity index is 1.44. The Morgan fingerprint density at radius 1 is 1.14 bits per heavy atom. The molecule has 2 aliphatic heterocycles. The standard InChI is InChI=1S/C18H20N4O5S/c1-28(25,26)27-13-6-8-20(12-13)10-11-21-9-7-19-18(21)22-16(23)14-4-2-3-5-15(14)17(22)24/h2-5,7,9,13H,6,8,10-12H2,1H3. The molecule has 4 rings (SSSR count). The normalized spacial score (nSPS) is 20.2. The number of likely N-dealkylation sites (tertiary alicyclic amines) is 1. The number of aromatic nitrogens is 2. The smallest absolute Gasteiger partial charge is 0.268 e. The van der Waals surface area contributed by atoms with Crippen molar-refractivity contribution in [2.45, 2.75) is 19.1 Å². The molecule has 2 amide bonds. The number of imidazole rings is 1. The molecule has 0 bridgehead atoms. The highest BCUT2D eigenvalue weighted by Crippen LogP contribution is 2.27. The Hall–Kier alpha value is -2.56. The van der Waals surface area contributed by atoms with E-state index in [4.69, 9.17) is 4.18 Å². The number of imide groups is 1. The second-order valence-corrected chi connectivity index (χ2v) is 8.52. The van der Waals surface area contributed by atoms with Crippen molar-refractivity contribution in [1.29, 1.82) is 0 Å². The van der Waals surface area contributed by atoms with Gasteiger partial charge in [0.05, 0.1) is 23.5 Å². The third-order valence-corrected chi connectivity index (χ3v) is 5.51. The van der Waals surface area contributed by atoms with Crippen LogP contribution in [0.5, 0.6) is 0 Å². The second-order valence-electron chi connectivity index (χ2n) is 6.92. The summed E-state index contributed by atoms with van der Waals surface area (Å²) < 4.78 is 29.3. The van der Waals surface area contributed by atoms with Gasteiger partial charge in [-0.3, -0.25) is 18.7 Å². The van der Waals surface area contributed by atoms with E-state index in [0.29, 0.717) is 37.2 Å². The molecular formula is C18H20N4O5S. The molecule has 10 heteroatoms. The van der Waals surface area contributed by atoms with Crippen LogP contribution in [0.3, 0.4) is 0 Å². The first-order chi connectivity index (χ1) is 13.3. The quantitative estimate of drug-likeness (QED) is 0.517. The first-order valence-corrected chi connectivity index (χ1v) is 10.7. The summed E-state index contributed by atoms with van der Waals surface area (Å²) in [6, 6.07) is 6.72. The SMILES string of the molecule is CS(=O)(=O)OC1CCN(CCn2ccnc2N2C(=O)c3ccccc3C2=O)C1. The van der Waals surface area contributed by atoms with Gasteiger partial charge in [0.25, 0.3) is 21.9 Å². The first kappa shape index (κ1) is 18.8. The van der Waals surface area contributed by atoms with Crippen LogP contribution < -0.4 is 4.90 Å². The summed E-state index contributed by atoms with van der Waals surface area (Å²) in [6.45, 7) is 2.37. The zero-order valence-electron chi connectivity index (χ0n) is 15.3. The van der Waals surface area contributed by atoms with Gasteiger partial charge in [-0.15, -0.1) is 0 Å². The fourth-order valence-corrected chi connectivity index (χ4v) is 4.28. The number of amides is 2. The molecule has 2 aromatic rings. The van der Waals surface area contributed by atoms with Gasteiger partial charge in [-0.2, -0.15) is 8.42 Å². The molecule has 0 N–H and O–H groups in total. The van der Waals surface area contributed by atoms with Crippen molar-refractivity contribution in [3.05, 3.63) is 47.8 Å². The second kappa shape index (κ2) is 7.12. The topological polar surface area (TPSA) is 102 Å². The highest BCUT2D eigenvalue weighted by atomic mass is 32.2. The van der Waals surface area contributed by atoms with E-state index in [2.05, 4.69) is 9.88 Å². The van der Waals surface area contributed by atoms with Gasteiger partial charge in [0.1, 0.15) is 0 Å². The molecule has 28 heavy (non-hydrogen) atoms. The fraction of sp³-hybridized carbons (Fsp3) is 0.389. The van der Waals surface area contributed by atoms with E-state index in [9.17, 15) is 18.0 Å². The number of hydrogen-bond acceptors (Lipinski definition) is 7. The van der Waals surface area contributed by atoms with Crippen molar-refractivity contribution in [2.75, 3.05) is 30.8 Å². The number of benzene rings is 1. The molecule has 1 aromatic carbocycles. The van der Waals surface area contributed by atoms with Gasteiger partial charge in [-0.25, -0.2) is 9.88 Å². The van der Waals surface area contributed by atoms with Crippen LogP contribution in [0, 0.1) is 0 Å². The molecule has 0 saturated carbocycles. The minimum Gasteiger partial charge on any atom is -0.315 e. The molecule has 3 heterocycles. The van der Waals surface area contributed by atoms with E-state index in [1.54, 1.807) is 41.2 Å². The van der Waals surface area contributed by atoms with Gasteiger partial charge >= 0.3 is 0 Å². The Bertz CT molecular complexity index is 997. The summed E-state index contributed by atoms with van der Waals surface area (Å²) in [5, 5.41) is 0. The fourth-order valence-electron chi connectivity index (χ4n) is 3.63. The zero-order chi connectivity index (χ0) is 19.9. The maximum atomic E-state index is 12.7. The van der Waals surface area contributed by atoms with Gasteiger partial charge in [0, 0.05) is 38.6 Å². The molecule has 1 atom stereocenters. The van der Waals surface area contributed by atoms with Gasteiger partial charge in [0.15, 0.2) is 0 Å². The summed E-state index contributed by atoms with van der Waals surface area (Å²) >= 11 is 0. The van der Waals surface area contributed by atoms with Crippen molar-refractivity contribution >= 4 is 27.9 Å². The molecule has 0 spiro atoms. The molecule has 1 fully saturated rings. The van der Waals surface area contributed by atoms with Gasteiger partial charge in [-0.05, 0) is 18.6 Å². The largest absolute Gasteiger partial charge is 0.315 e. The number of carbonyl (C=O) groups excluding carboxylic acids is 2. The molecule has 0 aliphatic carbocycles. The lowest BCUT2D eigenvalue weighted by molar-refractivity contribution is 0.0922. The minimum absolute atomic E-state index is 0.286. The maximum absolute atomic E-state index is 12.7. The van der Waals surface area contributed by atoms with E-state index in [-0.39, 0.29) is 23.9 Å². The van der Waals surface area contributed by atoms with E-state index in [1.165, 1.54) is 0 Å². The number of fused-ring (bicyclic) bond motifs is 1. The van der Waals surface area contributed by atoms with Crippen LogP contribution in [0.4, 0.5) is 5.95 Å². The lowest BCUT2D eigenvalue weighted by Gasteiger charge is -2.19. The van der Waals surface area contributed by atoms with E-state index in [0.717, 1.165) is 17.7 Å². The predicted molar refractivity (Wildman–Crippen MR) is 101 cm³/mol. The summed E-state index contributed by atoms with van der Waals surface area (Å²) in [5.41, 5.74) is 0.754. The lowest BCUT2D eigenvalue weighted by atomic mass is 10.1. The van der Waals surface area contributed by atoms with E-state index >= 15 is 0 Å². The number of carbonyl (C=O) groups is 2. The molecule has 0 radical (unpaired) electrons. The summed E-state index contributed by atoms with van der Waals surface area (Å²) in [5.74, 6) is -0.471. The Morgan fingerprint density at radius 2 is 1.82 bits per heavy atom. The third-order valence-electron chi connectivity index (χ3n) is 4.88. The molecule has 148 valence electrons. The summed E-state index contributed by atoms with van der Waals surface area (Å²) in [7, 11) is -3.47. The van der Waals surface area contributed by atoms with Crippen molar-refractivity contribution < 1.29 is 22.2 Å². The van der Waals surface area contributed by atoms with Crippen LogP contribution in [-0.4, -0.2) is 66.7 Å². The average molecular weight is 404 g/mol. The van der Waals surface area contributed by atoms with Crippen LogP contribution >= 0.6 is 0 Å². The van der Waals surface area contributed by atoms with Crippen molar-refractivity contribution in [3.8, 4) is 0 Å². The van der Waals surface area contributed by atoms with E-state index < -0.39 is 10.1 Å². The summed E-state index contributed by atoms with van der Waals surface area (Å²) in [6.07, 6.45) is 4.63. The highest BCUT2D eigenvalue weighted by Gasteiger charge is 2.38. The van der Waals surface area contributed by atoms with Gasteiger partial charge < -0.3 is 4.57 Å². The number of rotatable bonds is 6. The number of hydrogen-bond donors (Lipinski definition) is 0. The van der Waals surface area contributed by atoms with E-state index in [1.807, 2.05) is 0 Å². The van der Waals surface area contributed by atoms with Crippen molar-refractivity contribution in [3.63, 3.8) is 0 Å². The van der Waals surface area contributed by atoms with Gasteiger partial charge in [-0.1, -0.05) is 12.1 Å². The Morgan fingerprint density at radius 3 is 2.46 bits per heavy atom. The van der Waals surface area contributed by atoms with Crippen LogP contribution in [-0.2, 0) is 20.8 Å². The molecule has 9 nitrogen and oxygen atoms in total. The van der Waals surface area contributed by atoms with Crippen LogP contribution in [0.15, 0.2) is 36.7 Å². The Kier molecular flexibility index (Phi) is 4.77. The van der Waals surface area contributed by atoms with Crippen molar-refractivity contribution in [2.24, 2.45) is 0 Å². The highest BCUT2D eigenvalue weighted by molar-refractivity contribution is 7.86. The Labute approximate surface area is 162 Å². The number of nitrogens with zero attached hydrogens (tertiary/aromatic N) is 4. The van der Waals surface area contributed by atoms with Crippen LogP contribution in [0.25, 0.3) is 0 Å². The number of anilines is 1. The molecule has 1 saturated heterocycles.